The molecule has 0 fully saturated rings. The van der Waals surface area contributed by atoms with E-state index < -0.39 is 0 Å². The molecule has 0 saturated carbocycles. The minimum atomic E-state index is 0.181. The predicted octanol–water partition coefficient (Wildman–Crippen LogP) is 2.52. The van der Waals surface area contributed by atoms with Crippen molar-refractivity contribution in [3.8, 4) is 0 Å². The van der Waals surface area contributed by atoms with Gasteiger partial charge < -0.3 is 4.90 Å². The molecule has 0 radical (unpaired) electrons. The van der Waals surface area contributed by atoms with Gasteiger partial charge in [-0.2, -0.15) is 0 Å². The van der Waals surface area contributed by atoms with Crippen LogP contribution < -0.4 is 0 Å². The molecule has 2 nitrogen and oxygen atoms in total. The molecule has 0 bridgehead atoms. The Hall–Kier alpha value is -1.05. The van der Waals surface area contributed by atoms with E-state index in [0.29, 0.717) is 0 Å². The summed E-state index contributed by atoms with van der Waals surface area (Å²) in [4.78, 5) is 14.0. The summed E-state index contributed by atoms with van der Waals surface area (Å²) >= 11 is 0. The van der Waals surface area contributed by atoms with E-state index >= 15 is 0 Å². The van der Waals surface area contributed by atoms with Crippen LogP contribution in [0, 0.1) is 0 Å². The topological polar surface area (TPSA) is 20.3 Å². The zero-order valence-corrected chi connectivity index (χ0v) is 9.45. The van der Waals surface area contributed by atoms with E-state index in [1.165, 1.54) is 0 Å². The third-order valence-corrected chi connectivity index (χ3v) is 2.39. The van der Waals surface area contributed by atoms with Gasteiger partial charge in [-0.1, -0.05) is 18.2 Å². The van der Waals surface area contributed by atoms with Crippen molar-refractivity contribution in [1.82, 2.24) is 4.90 Å². The van der Waals surface area contributed by atoms with Crippen LogP contribution in [0.2, 0.25) is 0 Å². The van der Waals surface area contributed by atoms with Crippen LogP contribution in [0.15, 0.2) is 23.8 Å². The van der Waals surface area contributed by atoms with Crippen LogP contribution >= 0.6 is 0 Å². The number of nitrogens with zero attached hydrogens (tertiary/aromatic N) is 1. The second-order valence-electron chi connectivity index (χ2n) is 4.22. The molecular weight excluding hydrogens is 174 g/mol. The minimum Gasteiger partial charge on any atom is -0.334 e. The van der Waals surface area contributed by atoms with Crippen molar-refractivity contribution >= 4 is 5.91 Å². The van der Waals surface area contributed by atoms with E-state index in [0.717, 1.165) is 12.0 Å². The summed E-state index contributed by atoms with van der Waals surface area (Å²) in [6.07, 6.45) is 6.67. The molecule has 78 valence electrons. The fraction of sp³-hybridized carbons (Fsp3) is 0.583. The zero-order valence-electron chi connectivity index (χ0n) is 9.45. The molecule has 0 aromatic rings. The first-order chi connectivity index (χ1) is 6.54. The van der Waals surface area contributed by atoms with Crippen LogP contribution in [0.3, 0.4) is 0 Å². The number of carbonyl (C=O) groups is 1. The molecule has 0 aromatic heterocycles. The lowest BCUT2D eigenvalue weighted by Crippen LogP contribution is -2.42. The van der Waals surface area contributed by atoms with Crippen LogP contribution in [0.4, 0.5) is 0 Å². The Morgan fingerprint density at radius 2 is 1.86 bits per heavy atom. The zero-order chi connectivity index (χ0) is 10.7. The molecular formula is C12H19NO. The molecule has 1 amide bonds. The van der Waals surface area contributed by atoms with Gasteiger partial charge in [0.25, 0.3) is 5.91 Å². The number of rotatable bonds is 3. The van der Waals surface area contributed by atoms with E-state index in [1.807, 2.05) is 23.1 Å². The van der Waals surface area contributed by atoms with Crippen LogP contribution in [0.5, 0.6) is 0 Å². The maximum absolute atomic E-state index is 12.0. The fourth-order valence-corrected chi connectivity index (χ4v) is 1.84. The molecule has 0 aliphatic heterocycles. The third kappa shape index (κ3) is 2.25. The molecule has 0 saturated heterocycles. The first kappa shape index (κ1) is 11.0. The lowest BCUT2D eigenvalue weighted by Gasteiger charge is -2.31. The van der Waals surface area contributed by atoms with Gasteiger partial charge in [0.15, 0.2) is 0 Å². The maximum atomic E-state index is 12.0. The van der Waals surface area contributed by atoms with Crippen molar-refractivity contribution in [1.29, 1.82) is 0 Å². The van der Waals surface area contributed by atoms with Gasteiger partial charge in [0.1, 0.15) is 0 Å². The largest absolute Gasteiger partial charge is 0.334 e. The molecule has 1 aliphatic carbocycles. The maximum Gasteiger partial charge on any atom is 0.250 e. The van der Waals surface area contributed by atoms with Crippen molar-refractivity contribution in [3.05, 3.63) is 23.8 Å². The van der Waals surface area contributed by atoms with Gasteiger partial charge in [-0.3, -0.25) is 4.79 Å². The van der Waals surface area contributed by atoms with Gasteiger partial charge >= 0.3 is 0 Å². The van der Waals surface area contributed by atoms with Crippen LogP contribution in [-0.4, -0.2) is 22.9 Å². The van der Waals surface area contributed by atoms with Gasteiger partial charge in [-0.15, -0.1) is 0 Å². The molecule has 0 unspecified atom stereocenters. The van der Waals surface area contributed by atoms with Crippen molar-refractivity contribution in [3.63, 3.8) is 0 Å². The van der Waals surface area contributed by atoms with Crippen LogP contribution in [-0.2, 0) is 4.79 Å². The molecule has 0 aromatic carbocycles. The Labute approximate surface area is 86.3 Å². The predicted molar refractivity (Wildman–Crippen MR) is 59.0 cm³/mol. The monoisotopic (exact) mass is 193 g/mol. The summed E-state index contributed by atoms with van der Waals surface area (Å²) in [6, 6.07) is 0.535. The van der Waals surface area contributed by atoms with E-state index in [4.69, 9.17) is 0 Å². The minimum absolute atomic E-state index is 0.181. The highest BCUT2D eigenvalue weighted by atomic mass is 16.2. The Kier molecular flexibility index (Phi) is 3.50. The standard InChI is InChI=1S/C12H19NO/c1-9(2)13(10(3)4)12(14)11-7-5-6-8-11/h5-7,9-10H,8H2,1-4H3. The smallest absolute Gasteiger partial charge is 0.250 e. The number of allylic oxidation sites excluding steroid dienone is 3. The van der Waals surface area contributed by atoms with E-state index in [-0.39, 0.29) is 18.0 Å². The summed E-state index contributed by atoms with van der Waals surface area (Å²) in [5.74, 6) is 0.181. The summed E-state index contributed by atoms with van der Waals surface area (Å²) in [5.41, 5.74) is 0.910. The highest BCUT2D eigenvalue weighted by Crippen LogP contribution is 2.17. The Morgan fingerprint density at radius 1 is 1.29 bits per heavy atom. The number of hydrogen-bond acceptors (Lipinski definition) is 1. The Morgan fingerprint density at radius 3 is 2.21 bits per heavy atom. The van der Waals surface area contributed by atoms with Gasteiger partial charge in [0.05, 0.1) is 0 Å². The third-order valence-electron chi connectivity index (χ3n) is 2.39. The Balaban J connectivity index is 2.74. The van der Waals surface area contributed by atoms with Crippen molar-refractivity contribution in [2.45, 2.75) is 46.2 Å². The van der Waals surface area contributed by atoms with E-state index in [9.17, 15) is 4.79 Å². The molecule has 1 rings (SSSR count). The number of carbonyl (C=O) groups excluding carboxylic acids is 1. The summed E-state index contributed by atoms with van der Waals surface area (Å²) in [7, 11) is 0. The quantitative estimate of drug-likeness (QED) is 0.674. The first-order valence-electron chi connectivity index (χ1n) is 5.22. The summed E-state index contributed by atoms with van der Waals surface area (Å²) in [6.45, 7) is 8.23. The normalized spacial score (nSPS) is 15.1. The van der Waals surface area contributed by atoms with Crippen molar-refractivity contribution in [2.24, 2.45) is 0 Å². The highest BCUT2D eigenvalue weighted by Gasteiger charge is 2.23. The average Bonchev–Trinajstić information content (AvgIpc) is 2.53. The second kappa shape index (κ2) is 4.45. The van der Waals surface area contributed by atoms with E-state index in [1.54, 1.807) is 0 Å². The number of hydrogen-bond donors (Lipinski definition) is 0. The molecule has 2 heteroatoms. The fourth-order valence-electron chi connectivity index (χ4n) is 1.84. The lowest BCUT2D eigenvalue weighted by atomic mass is 10.1. The SMILES string of the molecule is CC(C)N(C(=O)C1=CC=CC1)C(C)C. The van der Waals surface area contributed by atoms with E-state index in [2.05, 4.69) is 27.7 Å². The molecule has 0 N–H and O–H groups in total. The molecule has 1 aliphatic rings. The molecule has 0 heterocycles. The molecule has 0 spiro atoms. The second-order valence-corrected chi connectivity index (χ2v) is 4.22. The van der Waals surface area contributed by atoms with Crippen LogP contribution in [0.1, 0.15) is 34.1 Å². The van der Waals surface area contributed by atoms with Crippen LogP contribution in [0.25, 0.3) is 0 Å². The highest BCUT2D eigenvalue weighted by molar-refractivity contribution is 5.95. The molecule has 0 atom stereocenters. The van der Waals surface area contributed by atoms with Gasteiger partial charge in [0, 0.05) is 17.7 Å². The number of amides is 1. The summed E-state index contributed by atoms with van der Waals surface area (Å²) < 4.78 is 0. The average molecular weight is 193 g/mol. The van der Waals surface area contributed by atoms with Gasteiger partial charge in [-0.25, -0.2) is 0 Å². The van der Waals surface area contributed by atoms with Gasteiger partial charge in [-0.05, 0) is 34.1 Å². The summed E-state index contributed by atoms with van der Waals surface area (Å²) in [5, 5.41) is 0. The van der Waals surface area contributed by atoms with Gasteiger partial charge in [0.2, 0.25) is 0 Å². The lowest BCUT2D eigenvalue weighted by molar-refractivity contribution is -0.130. The van der Waals surface area contributed by atoms with Crippen molar-refractivity contribution < 1.29 is 4.79 Å². The Bertz CT molecular complexity index is 266. The first-order valence-corrected chi connectivity index (χ1v) is 5.22. The molecule has 14 heavy (non-hydrogen) atoms. The van der Waals surface area contributed by atoms with Crippen molar-refractivity contribution in [2.75, 3.05) is 0 Å².